The van der Waals surface area contributed by atoms with Gasteiger partial charge in [-0.05, 0) is 62.6 Å². The van der Waals surface area contributed by atoms with Gasteiger partial charge in [0.25, 0.3) is 0 Å². The van der Waals surface area contributed by atoms with Crippen molar-refractivity contribution in [2.75, 3.05) is 26.3 Å². The average Bonchev–Trinajstić information content (AvgIpc) is 3.57. The molecule has 3 aliphatic rings. The number of carbonyl (C=O) groups excluding carboxylic acids is 1. The van der Waals surface area contributed by atoms with Crippen molar-refractivity contribution in [3.8, 4) is 0 Å². The maximum absolute atomic E-state index is 13.6. The Bertz CT molecular complexity index is 1190. The zero-order valence-corrected chi connectivity index (χ0v) is 21.9. The van der Waals surface area contributed by atoms with Crippen LogP contribution in [0.1, 0.15) is 65.1 Å². The van der Waals surface area contributed by atoms with Crippen LogP contribution in [-0.4, -0.2) is 60.5 Å². The van der Waals surface area contributed by atoms with Gasteiger partial charge in [-0.3, -0.25) is 4.79 Å². The lowest BCUT2D eigenvalue weighted by Crippen LogP contribution is -2.45. The van der Waals surface area contributed by atoms with Crippen molar-refractivity contribution in [2.24, 2.45) is 11.8 Å². The predicted octanol–water partition coefficient (Wildman–Crippen LogP) is 3.44. The zero-order valence-electron chi connectivity index (χ0n) is 21.1. The molecule has 0 radical (unpaired) electrons. The Balaban J connectivity index is 1.42. The van der Waals surface area contributed by atoms with Gasteiger partial charge in [0.05, 0.1) is 21.8 Å². The number of benzene rings is 1. The van der Waals surface area contributed by atoms with Gasteiger partial charge in [0.2, 0.25) is 15.9 Å². The van der Waals surface area contributed by atoms with Gasteiger partial charge in [0, 0.05) is 44.3 Å². The Morgan fingerprint density at radius 1 is 1.14 bits per heavy atom. The fourth-order valence-corrected chi connectivity index (χ4v) is 6.83. The molecular weight excluding hydrogens is 464 g/mol. The fourth-order valence-electron chi connectivity index (χ4n) is 5.29. The summed E-state index contributed by atoms with van der Waals surface area (Å²) in [6.07, 6.45) is 5.53. The molecule has 2 aliphatic heterocycles. The number of hydrogen-bond donors (Lipinski definition) is 1. The van der Waals surface area contributed by atoms with E-state index in [1.807, 2.05) is 6.07 Å². The minimum Gasteiger partial charge on any atom is -0.381 e. The van der Waals surface area contributed by atoms with Crippen molar-refractivity contribution in [2.45, 2.75) is 82.2 Å². The molecule has 0 bridgehead atoms. The summed E-state index contributed by atoms with van der Waals surface area (Å²) in [7, 11) is -3.71. The van der Waals surface area contributed by atoms with Crippen molar-refractivity contribution < 1.29 is 17.9 Å². The second kappa shape index (κ2) is 9.48. The molecule has 1 aliphatic carbocycles. The number of hydrogen-bond acceptors (Lipinski definition) is 5. The number of sulfonamides is 1. The molecule has 35 heavy (non-hydrogen) atoms. The van der Waals surface area contributed by atoms with E-state index in [0.29, 0.717) is 24.4 Å². The SMILES string of the molecule is CC(C)(C)c1nc2cc(S(=O)(=O)N3CCC[C@H](C(=O)NC4CC4)C3)ccc2n1CC1CCOCC1. The molecule has 1 N–H and O–H groups in total. The highest BCUT2D eigenvalue weighted by Crippen LogP contribution is 2.32. The Kier molecular flexibility index (Phi) is 6.70. The lowest BCUT2D eigenvalue weighted by molar-refractivity contribution is -0.126. The van der Waals surface area contributed by atoms with E-state index in [4.69, 9.17) is 9.72 Å². The molecule has 5 rings (SSSR count). The molecule has 192 valence electrons. The van der Waals surface area contributed by atoms with Crippen LogP contribution in [0.4, 0.5) is 0 Å². The number of amides is 1. The van der Waals surface area contributed by atoms with Crippen molar-refractivity contribution in [3.63, 3.8) is 0 Å². The number of piperidine rings is 1. The second-order valence-corrected chi connectivity index (χ2v) is 13.4. The minimum absolute atomic E-state index is 0.00970. The van der Waals surface area contributed by atoms with E-state index in [9.17, 15) is 13.2 Å². The lowest BCUT2D eigenvalue weighted by atomic mass is 9.94. The highest BCUT2D eigenvalue weighted by Gasteiger charge is 2.35. The van der Waals surface area contributed by atoms with E-state index >= 15 is 0 Å². The number of fused-ring (bicyclic) bond motifs is 1. The molecule has 2 aromatic rings. The fraction of sp³-hybridized carbons (Fsp3) is 0.692. The largest absolute Gasteiger partial charge is 0.381 e. The standard InChI is InChI=1S/C26H38N4O4S/c1-26(2,3)25-28-22-15-21(8-9-23(22)30(25)16-18-10-13-34-14-11-18)35(32,33)29-12-4-5-19(17-29)24(31)27-20-6-7-20/h8-9,15,18-20H,4-7,10-14,16-17H2,1-3H3,(H,27,31)/t19-/m0/s1. The first kappa shape index (κ1) is 24.7. The molecule has 0 spiro atoms. The molecule has 1 saturated carbocycles. The predicted molar refractivity (Wildman–Crippen MR) is 135 cm³/mol. The van der Waals surface area contributed by atoms with Crippen molar-refractivity contribution in [1.29, 1.82) is 0 Å². The molecule has 9 heteroatoms. The summed E-state index contributed by atoms with van der Waals surface area (Å²) in [5.41, 5.74) is 1.52. The highest BCUT2D eigenvalue weighted by atomic mass is 32.2. The molecule has 1 amide bonds. The van der Waals surface area contributed by atoms with Gasteiger partial charge in [0.15, 0.2) is 0 Å². The Morgan fingerprint density at radius 2 is 1.89 bits per heavy atom. The van der Waals surface area contributed by atoms with Crippen molar-refractivity contribution >= 4 is 27.0 Å². The van der Waals surface area contributed by atoms with E-state index in [1.165, 1.54) is 4.31 Å². The number of aromatic nitrogens is 2. The number of imidazole rings is 1. The van der Waals surface area contributed by atoms with Gasteiger partial charge in [-0.2, -0.15) is 4.31 Å². The van der Waals surface area contributed by atoms with Crippen LogP contribution in [0.3, 0.4) is 0 Å². The quantitative estimate of drug-likeness (QED) is 0.653. The molecule has 1 atom stereocenters. The zero-order chi connectivity index (χ0) is 24.8. The van der Waals surface area contributed by atoms with E-state index < -0.39 is 10.0 Å². The van der Waals surface area contributed by atoms with Gasteiger partial charge in [-0.15, -0.1) is 0 Å². The van der Waals surface area contributed by atoms with Crippen LogP contribution in [0.5, 0.6) is 0 Å². The Labute approximate surface area is 208 Å². The second-order valence-electron chi connectivity index (χ2n) is 11.5. The summed E-state index contributed by atoms with van der Waals surface area (Å²) in [6.45, 7) is 9.57. The summed E-state index contributed by atoms with van der Waals surface area (Å²) in [5.74, 6) is 1.21. The smallest absolute Gasteiger partial charge is 0.243 e. The van der Waals surface area contributed by atoms with E-state index in [2.05, 4.69) is 30.7 Å². The summed E-state index contributed by atoms with van der Waals surface area (Å²) >= 11 is 0. The minimum atomic E-state index is -3.71. The first-order chi connectivity index (χ1) is 16.6. The van der Waals surface area contributed by atoms with Gasteiger partial charge in [-0.1, -0.05) is 20.8 Å². The van der Waals surface area contributed by atoms with Crippen molar-refractivity contribution in [3.05, 3.63) is 24.0 Å². The van der Waals surface area contributed by atoms with Gasteiger partial charge in [-0.25, -0.2) is 13.4 Å². The van der Waals surface area contributed by atoms with E-state index in [1.54, 1.807) is 12.1 Å². The highest BCUT2D eigenvalue weighted by molar-refractivity contribution is 7.89. The Morgan fingerprint density at radius 3 is 2.57 bits per heavy atom. The van der Waals surface area contributed by atoms with Crippen LogP contribution in [0.2, 0.25) is 0 Å². The number of ether oxygens (including phenoxy) is 1. The van der Waals surface area contributed by atoms with Gasteiger partial charge in [0.1, 0.15) is 5.82 Å². The molecule has 1 aromatic heterocycles. The number of nitrogens with one attached hydrogen (secondary N) is 1. The van der Waals surface area contributed by atoms with E-state index in [0.717, 1.165) is 63.2 Å². The summed E-state index contributed by atoms with van der Waals surface area (Å²) < 4.78 is 36.5. The first-order valence-corrected chi connectivity index (χ1v) is 14.5. The van der Waals surface area contributed by atoms with Crippen LogP contribution in [0, 0.1) is 11.8 Å². The molecule has 2 saturated heterocycles. The topological polar surface area (TPSA) is 93.5 Å². The molecule has 0 unspecified atom stereocenters. The van der Waals surface area contributed by atoms with Crippen LogP contribution in [-0.2, 0) is 31.5 Å². The molecule has 1 aromatic carbocycles. The lowest BCUT2D eigenvalue weighted by Gasteiger charge is -2.31. The third-order valence-electron chi connectivity index (χ3n) is 7.49. The van der Waals surface area contributed by atoms with Crippen molar-refractivity contribution in [1.82, 2.24) is 19.2 Å². The van der Waals surface area contributed by atoms with Crippen LogP contribution in [0.25, 0.3) is 11.0 Å². The monoisotopic (exact) mass is 502 g/mol. The maximum Gasteiger partial charge on any atom is 0.243 e. The summed E-state index contributed by atoms with van der Waals surface area (Å²) in [5, 5.41) is 3.03. The maximum atomic E-state index is 13.6. The third kappa shape index (κ3) is 5.27. The van der Waals surface area contributed by atoms with Gasteiger partial charge < -0.3 is 14.6 Å². The average molecular weight is 503 g/mol. The number of nitrogens with zero attached hydrogens (tertiary/aromatic N) is 3. The molecule has 8 nitrogen and oxygen atoms in total. The van der Waals surface area contributed by atoms with E-state index in [-0.39, 0.29) is 34.7 Å². The van der Waals surface area contributed by atoms with Crippen LogP contribution >= 0.6 is 0 Å². The molecular formula is C26H38N4O4S. The number of carbonyl (C=O) groups is 1. The third-order valence-corrected chi connectivity index (χ3v) is 9.35. The summed E-state index contributed by atoms with van der Waals surface area (Å²) in [6, 6.07) is 5.62. The van der Waals surface area contributed by atoms with Gasteiger partial charge >= 0.3 is 0 Å². The molecule has 3 heterocycles. The normalized spacial score (nSPS) is 23.0. The number of rotatable bonds is 6. The van der Waals surface area contributed by atoms with Crippen LogP contribution < -0.4 is 5.32 Å². The molecule has 3 fully saturated rings. The summed E-state index contributed by atoms with van der Waals surface area (Å²) in [4.78, 5) is 17.8. The van der Waals surface area contributed by atoms with Crippen LogP contribution in [0.15, 0.2) is 23.1 Å². The Hall–Kier alpha value is -1.97. The first-order valence-electron chi connectivity index (χ1n) is 13.0.